The Kier molecular flexibility index (Phi) is 4.66. The molecule has 0 saturated heterocycles. The Morgan fingerprint density at radius 2 is 2.00 bits per heavy atom. The Labute approximate surface area is 141 Å². The molecule has 0 aliphatic carbocycles. The van der Waals surface area contributed by atoms with Crippen LogP contribution >= 0.6 is 11.6 Å². The number of methoxy groups -OCH3 is 1. The SMILES string of the molecule is COc1ccc(C(=O)NCc2nc(-c3ccc(Cl)cc3)no2)nn1. The van der Waals surface area contributed by atoms with Crippen molar-refractivity contribution in [1.82, 2.24) is 25.7 Å². The molecule has 0 bridgehead atoms. The summed E-state index contributed by atoms with van der Waals surface area (Å²) in [6.45, 7) is 0.0765. The van der Waals surface area contributed by atoms with Crippen LogP contribution in [-0.2, 0) is 6.54 Å². The minimum absolute atomic E-state index is 0.0765. The van der Waals surface area contributed by atoms with Crippen molar-refractivity contribution in [2.45, 2.75) is 6.54 Å². The minimum Gasteiger partial charge on any atom is -0.480 e. The molecule has 8 nitrogen and oxygen atoms in total. The summed E-state index contributed by atoms with van der Waals surface area (Å²) in [6.07, 6.45) is 0. The predicted molar refractivity (Wildman–Crippen MR) is 84.5 cm³/mol. The largest absolute Gasteiger partial charge is 0.480 e. The molecule has 0 aliphatic rings. The van der Waals surface area contributed by atoms with Gasteiger partial charge in [0.2, 0.25) is 17.6 Å². The maximum absolute atomic E-state index is 12.0. The van der Waals surface area contributed by atoms with Crippen LogP contribution in [0.15, 0.2) is 40.9 Å². The molecule has 2 aromatic heterocycles. The molecule has 0 aliphatic heterocycles. The van der Waals surface area contributed by atoms with Crippen LogP contribution in [0, 0.1) is 0 Å². The smallest absolute Gasteiger partial charge is 0.272 e. The molecule has 0 fully saturated rings. The number of rotatable bonds is 5. The molecule has 0 atom stereocenters. The van der Waals surface area contributed by atoms with Gasteiger partial charge in [-0.2, -0.15) is 4.98 Å². The highest BCUT2D eigenvalue weighted by molar-refractivity contribution is 6.30. The monoisotopic (exact) mass is 345 g/mol. The van der Waals surface area contributed by atoms with Gasteiger partial charge in [0, 0.05) is 16.7 Å². The van der Waals surface area contributed by atoms with Gasteiger partial charge in [-0.15, -0.1) is 10.2 Å². The summed E-state index contributed by atoms with van der Waals surface area (Å²) in [5, 5.41) is 14.6. The Morgan fingerprint density at radius 1 is 1.21 bits per heavy atom. The summed E-state index contributed by atoms with van der Waals surface area (Å²) in [7, 11) is 1.47. The van der Waals surface area contributed by atoms with Crippen LogP contribution < -0.4 is 10.1 Å². The maximum atomic E-state index is 12.0. The molecule has 0 unspecified atom stereocenters. The van der Waals surface area contributed by atoms with Gasteiger partial charge in [0.15, 0.2) is 5.69 Å². The molecule has 1 amide bonds. The lowest BCUT2D eigenvalue weighted by molar-refractivity contribution is 0.0940. The Hall–Kier alpha value is -3.00. The first-order valence-corrected chi connectivity index (χ1v) is 7.28. The standard InChI is InChI=1S/C15H12ClN5O3/c1-23-12-7-6-11(19-20-12)15(22)17-8-13-18-14(21-24-13)9-2-4-10(16)5-3-9/h2-7H,8H2,1H3,(H,17,22). The molecule has 0 radical (unpaired) electrons. The van der Waals surface area contributed by atoms with Gasteiger partial charge in [-0.25, -0.2) is 0 Å². The molecular weight excluding hydrogens is 334 g/mol. The second-order valence-electron chi connectivity index (χ2n) is 4.66. The first-order chi connectivity index (χ1) is 11.7. The van der Waals surface area contributed by atoms with Crippen molar-refractivity contribution in [3.63, 3.8) is 0 Å². The summed E-state index contributed by atoms with van der Waals surface area (Å²) >= 11 is 5.84. The number of amides is 1. The molecule has 2 heterocycles. The van der Waals surface area contributed by atoms with Crippen LogP contribution in [0.25, 0.3) is 11.4 Å². The van der Waals surface area contributed by atoms with Crippen LogP contribution in [0.2, 0.25) is 5.02 Å². The van der Waals surface area contributed by atoms with Gasteiger partial charge in [0.25, 0.3) is 5.91 Å². The van der Waals surface area contributed by atoms with Gasteiger partial charge in [-0.1, -0.05) is 16.8 Å². The van der Waals surface area contributed by atoms with Crippen LogP contribution in [0.1, 0.15) is 16.4 Å². The number of carbonyl (C=O) groups excluding carboxylic acids is 1. The van der Waals surface area contributed by atoms with E-state index in [9.17, 15) is 4.79 Å². The zero-order valence-electron chi connectivity index (χ0n) is 12.6. The highest BCUT2D eigenvalue weighted by atomic mass is 35.5. The van der Waals surface area contributed by atoms with E-state index in [2.05, 4.69) is 25.7 Å². The topological polar surface area (TPSA) is 103 Å². The van der Waals surface area contributed by atoms with E-state index in [1.165, 1.54) is 13.2 Å². The Morgan fingerprint density at radius 3 is 2.67 bits per heavy atom. The van der Waals surface area contributed by atoms with Crippen LogP contribution in [0.4, 0.5) is 0 Å². The number of nitrogens with one attached hydrogen (secondary N) is 1. The summed E-state index contributed by atoms with van der Waals surface area (Å²) in [6, 6.07) is 10.1. The molecule has 0 spiro atoms. The first kappa shape index (κ1) is 15.9. The third-order valence-corrected chi connectivity index (χ3v) is 3.30. The molecule has 3 rings (SSSR count). The molecule has 0 saturated carbocycles. The van der Waals surface area contributed by atoms with Gasteiger partial charge in [-0.3, -0.25) is 4.79 Å². The number of hydrogen-bond acceptors (Lipinski definition) is 7. The van der Waals surface area contributed by atoms with Crippen molar-refractivity contribution >= 4 is 17.5 Å². The second kappa shape index (κ2) is 7.05. The lowest BCUT2D eigenvalue weighted by Crippen LogP contribution is -2.24. The highest BCUT2D eigenvalue weighted by Crippen LogP contribution is 2.18. The van der Waals surface area contributed by atoms with Gasteiger partial charge in [-0.05, 0) is 30.3 Å². The fraction of sp³-hybridized carbons (Fsp3) is 0.133. The average molecular weight is 346 g/mol. The van der Waals surface area contributed by atoms with E-state index < -0.39 is 5.91 Å². The fourth-order valence-electron chi connectivity index (χ4n) is 1.84. The summed E-state index contributed by atoms with van der Waals surface area (Å²) < 4.78 is 9.99. The zero-order valence-corrected chi connectivity index (χ0v) is 13.3. The predicted octanol–water partition coefficient (Wildman–Crippen LogP) is 2.12. The van der Waals surface area contributed by atoms with Crippen LogP contribution in [0.5, 0.6) is 5.88 Å². The number of hydrogen-bond donors (Lipinski definition) is 1. The van der Waals surface area contributed by atoms with Crippen molar-refractivity contribution in [2.75, 3.05) is 7.11 Å². The Bertz CT molecular complexity index is 833. The van der Waals surface area contributed by atoms with Crippen molar-refractivity contribution in [3.05, 3.63) is 53.0 Å². The van der Waals surface area contributed by atoms with E-state index in [4.69, 9.17) is 20.9 Å². The van der Waals surface area contributed by atoms with E-state index >= 15 is 0 Å². The minimum atomic E-state index is -0.406. The number of nitrogens with zero attached hydrogens (tertiary/aromatic N) is 4. The lowest BCUT2D eigenvalue weighted by atomic mass is 10.2. The first-order valence-electron chi connectivity index (χ1n) is 6.90. The number of halogens is 1. The number of aromatic nitrogens is 4. The third-order valence-electron chi connectivity index (χ3n) is 3.05. The second-order valence-corrected chi connectivity index (χ2v) is 5.10. The third kappa shape index (κ3) is 3.66. The quantitative estimate of drug-likeness (QED) is 0.755. The number of carbonyl (C=O) groups is 1. The van der Waals surface area contributed by atoms with Crippen molar-refractivity contribution in [1.29, 1.82) is 0 Å². The average Bonchev–Trinajstić information content (AvgIpc) is 3.09. The molecule has 3 aromatic rings. The summed E-state index contributed by atoms with van der Waals surface area (Å²) in [4.78, 5) is 16.2. The Balaban J connectivity index is 1.62. The molecule has 122 valence electrons. The molecule has 1 N–H and O–H groups in total. The van der Waals surface area contributed by atoms with E-state index in [1.807, 2.05) is 0 Å². The van der Waals surface area contributed by atoms with Crippen molar-refractivity contribution < 1.29 is 14.1 Å². The fourth-order valence-corrected chi connectivity index (χ4v) is 1.97. The lowest BCUT2D eigenvalue weighted by Gasteiger charge is -2.01. The number of benzene rings is 1. The maximum Gasteiger partial charge on any atom is 0.272 e. The van der Waals surface area contributed by atoms with E-state index in [1.54, 1.807) is 30.3 Å². The summed E-state index contributed by atoms with van der Waals surface area (Å²) in [5.41, 5.74) is 0.926. The number of ether oxygens (including phenoxy) is 1. The van der Waals surface area contributed by atoms with Crippen molar-refractivity contribution in [3.8, 4) is 17.3 Å². The van der Waals surface area contributed by atoms with E-state index in [-0.39, 0.29) is 18.1 Å². The highest BCUT2D eigenvalue weighted by Gasteiger charge is 2.12. The summed E-state index contributed by atoms with van der Waals surface area (Å²) in [5.74, 6) is 0.613. The van der Waals surface area contributed by atoms with Gasteiger partial charge in [0.05, 0.1) is 13.7 Å². The van der Waals surface area contributed by atoms with Gasteiger partial charge >= 0.3 is 0 Å². The zero-order chi connectivity index (χ0) is 16.9. The molecule has 9 heteroatoms. The van der Waals surface area contributed by atoms with E-state index in [0.717, 1.165) is 5.56 Å². The normalized spacial score (nSPS) is 10.4. The molecular formula is C15H12ClN5O3. The molecule has 24 heavy (non-hydrogen) atoms. The van der Waals surface area contributed by atoms with Crippen LogP contribution in [-0.4, -0.2) is 33.4 Å². The van der Waals surface area contributed by atoms with E-state index in [0.29, 0.717) is 16.7 Å². The molecule has 1 aromatic carbocycles. The van der Waals surface area contributed by atoms with Crippen molar-refractivity contribution in [2.24, 2.45) is 0 Å². The van der Waals surface area contributed by atoms with Gasteiger partial charge < -0.3 is 14.6 Å². The van der Waals surface area contributed by atoms with Gasteiger partial charge in [0.1, 0.15) is 0 Å². The van der Waals surface area contributed by atoms with Crippen LogP contribution in [0.3, 0.4) is 0 Å².